The second-order valence-corrected chi connectivity index (χ2v) is 13.6. The predicted molar refractivity (Wildman–Crippen MR) is 145 cm³/mol. The molecule has 2 aromatic carbocycles. The van der Waals surface area contributed by atoms with Crippen molar-refractivity contribution in [2.75, 3.05) is 24.4 Å². The van der Waals surface area contributed by atoms with Gasteiger partial charge in [0.05, 0.1) is 31.0 Å². The molecule has 4 rings (SSSR count). The molecule has 1 saturated heterocycles. The van der Waals surface area contributed by atoms with Gasteiger partial charge in [-0.2, -0.15) is 17.5 Å². The van der Waals surface area contributed by atoms with Crippen LogP contribution < -0.4 is 4.72 Å². The third-order valence-electron chi connectivity index (χ3n) is 6.57. The first-order valence-electron chi connectivity index (χ1n) is 12.1. The van der Waals surface area contributed by atoms with Crippen LogP contribution in [0.3, 0.4) is 0 Å². The van der Waals surface area contributed by atoms with E-state index in [4.69, 9.17) is 23.2 Å². The molecule has 1 aliphatic heterocycles. The van der Waals surface area contributed by atoms with Crippen molar-refractivity contribution in [2.45, 2.75) is 48.2 Å². The first-order valence-corrected chi connectivity index (χ1v) is 15.8. The van der Waals surface area contributed by atoms with Crippen molar-refractivity contribution in [3.05, 3.63) is 52.6 Å². The number of benzene rings is 2. The summed E-state index contributed by atoms with van der Waals surface area (Å²) in [5.41, 5.74) is 0.561. The smallest absolute Gasteiger partial charge is 0.358 e. The summed E-state index contributed by atoms with van der Waals surface area (Å²) in [7, 11) is -8.26. The molecule has 2 heterocycles. The van der Waals surface area contributed by atoms with Gasteiger partial charge in [0.1, 0.15) is 0 Å². The fraction of sp³-hybridized carbons (Fsp3) is 0.375. The van der Waals surface area contributed by atoms with Crippen LogP contribution >= 0.6 is 23.2 Å². The number of anilines is 1. The van der Waals surface area contributed by atoms with Crippen LogP contribution in [0, 0.1) is 0 Å². The molecular weight excluding hydrogens is 616 g/mol. The minimum atomic E-state index is -4.99. The molecule has 1 fully saturated rings. The summed E-state index contributed by atoms with van der Waals surface area (Å²) in [4.78, 5) is 14.7. The zero-order chi connectivity index (χ0) is 29.5. The van der Waals surface area contributed by atoms with E-state index >= 15 is 0 Å². The zero-order valence-corrected chi connectivity index (χ0v) is 24.1. The van der Waals surface area contributed by atoms with Crippen molar-refractivity contribution in [3.63, 3.8) is 0 Å². The number of halogens is 5. The molecular formula is C24H25Cl2F3N4O5S2. The van der Waals surface area contributed by atoms with E-state index in [1.165, 1.54) is 22.6 Å². The van der Waals surface area contributed by atoms with Crippen LogP contribution in [0.2, 0.25) is 10.0 Å². The number of nitrogens with zero attached hydrogens (tertiary/aromatic N) is 2. The number of likely N-dealkylation sites (tertiary alicyclic amines) is 1. The van der Waals surface area contributed by atoms with Crippen molar-refractivity contribution in [1.82, 2.24) is 14.2 Å². The summed E-state index contributed by atoms with van der Waals surface area (Å²) in [6, 6.07) is 6.97. The molecule has 1 aromatic heterocycles. The molecule has 0 saturated carbocycles. The summed E-state index contributed by atoms with van der Waals surface area (Å²) in [5.74, 6) is -1.94. The Kier molecular flexibility index (Phi) is 8.67. The lowest BCUT2D eigenvalue weighted by atomic mass is 10.0. The number of alkyl halides is 3. The lowest BCUT2D eigenvalue weighted by Crippen LogP contribution is -2.51. The standard InChI is InChI=1S/C24H25Cl2F3N4O5S2/c1-2-11-33(15-9-12-32(13-10-15)23(34)24(27,28)29)40(37,38)17-5-3-16(4-6-17)39(35,36)31-20-8-7-18(25)21-19(26)14-30-22(20)21/h3-8,14-15,30-31H,2,9-13H2,1H3. The first kappa shape index (κ1) is 30.4. The summed E-state index contributed by atoms with van der Waals surface area (Å²) in [5, 5.41) is 1.08. The van der Waals surface area contributed by atoms with Crippen LogP contribution in [0.25, 0.3) is 10.9 Å². The Morgan fingerprint density at radius 2 is 1.62 bits per heavy atom. The van der Waals surface area contributed by atoms with E-state index in [1.807, 2.05) is 0 Å². The molecule has 0 bridgehead atoms. The number of carbonyl (C=O) groups excluding carboxylic acids is 1. The van der Waals surface area contributed by atoms with Crippen molar-refractivity contribution in [3.8, 4) is 0 Å². The molecule has 0 spiro atoms. The maximum absolute atomic E-state index is 13.5. The summed E-state index contributed by atoms with van der Waals surface area (Å²) in [6.07, 6.45) is -3.01. The van der Waals surface area contributed by atoms with E-state index in [0.29, 0.717) is 32.3 Å². The van der Waals surface area contributed by atoms with Crippen LogP contribution in [0.1, 0.15) is 26.2 Å². The van der Waals surface area contributed by atoms with E-state index in [2.05, 4.69) is 9.71 Å². The highest BCUT2D eigenvalue weighted by molar-refractivity contribution is 7.92. The molecule has 218 valence electrons. The number of piperidine rings is 1. The quantitative estimate of drug-likeness (QED) is 0.349. The van der Waals surface area contributed by atoms with Gasteiger partial charge in [-0.05, 0) is 55.7 Å². The molecule has 2 N–H and O–H groups in total. The third-order valence-corrected chi connectivity index (χ3v) is 10.5. The Morgan fingerprint density at radius 3 is 2.20 bits per heavy atom. The van der Waals surface area contributed by atoms with E-state index in [0.717, 1.165) is 24.3 Å². The van der Waals surface area contributed by atoms with Gasteiger partial charge < -0.3 is 9.88 Å². The van der Waals surface area contributed by atoms with Gasteiger partial charge >= 0.3 is 12.1 Å². The van der Waals surface area contributed by atoms with Gasteiger partial charge in [-0.1, -0.05) is 30.1 Å². The summed E-state index contributed by atoms with van der Waals surface area (Å²) >= 11 is 12.3. The predicted octanol–water partition coefficient (Wildman–Crippen LogP) is 5.23. The molecule has 40 heavy (non-hydrogen) atoms. The SMILES string of the molecule is CCCN(C1CCN(C(=O)C(F)(F)F)CC1)S(=O)(=O)c1ccc(S(=O)(=O)Nc2ccc(Cl)c3c(Cl)c[nH]c23)cc1. The van der Waals surface area contributed by atoms with Crippen LogP contribution in [0.5, 0.6) is 0 Å². The largest absolute Gasteiger partial charge is 0.471 e. The van der Waals surface area contributed by atoms with Gasteiger partial charge in [0, 0.05) is 37.3 Å². The highest BCUT2D eigenvalue weighted by Crippen LogP contribution is 2.35. The van der Waals surface area contributed by atoms with Crippen LogP contribution in [-0.4, -0.2) is 68.8 Å². The average molecular weight is 642 g/mol. The lowest BCUT2D eigenvalue weighted by Gasteiger charge is -2.37. The molecule has 0 unspecified atom stereocenters. The van der Waals surface area contributed by atoms with Crippen molar-refractivity contribution in [2.24, 2.45) is 0 Å². The zero-order valence-electron chi connectivity index (χ0n) is 21.0. The molecule has 16 heteroatoms. The fourth-order valence-corrected chi connectivity index (χ4v) is 8.05. The van der Waals surface area contributed by atoms with Gasteiger partial charge in [0.15, 0.2) is 0 Å². The molecule has 1 aliphatic rings. The van der Waals surface area contributed by atoms with Gasteiger partial charge in [0.2, 0.25) is 10.0 Å². The molecule has 0 radical (unpaired) electrons. The number of amides is 1. The summed E-state index contributed by atoms with van der Waals surface area (Å²) < 4.78 is 95.2. The lowest BCUT2D eigenvalue weighted by molar-refractivity contribution is -0.186. The Balaban J connectivity index is 1.53. The highest BCUT2D eigenvalue weighted by atomic mass is 35.5. The number of hydrogen-bond donors (Lipinski definition) is 2. The van der Waals surface area contributed by atoms with Gasteiger partial charge in [0.25, 0.3) is 10.0 Å². The van der Waals surface area contributed by atoms with Gasteiger partial charge in [-0.15, -0.1) is 0 Å². The second kappa shape index (κ2) is 11.4. The number of rotatable bonds is 8. The number of carbonyl (C=O) groups is 1. The van der Waals surface area contributed by atoms with Crippen LogP contribution in [0.15, 0.2) is 52.4 Å². The first-order chi connectivity index (χ1) is 18.7. The number of aromatic amines is 1. The van der Waals surface area contributed by atoms with Crippen molar-refractivity contribution >= 4 is 65.7 Å². The molecule has 9 nitrogen and oxygen atoms in total. The van der Waals surface area contributed by atoms with E-state index in [-0.39, 0.29) is 48.0 Å². The molecule has 0 aliphatic carbocycles. The fourth-order valence-electron chi connectivity index (χ4n) is 4.64. The van der Waals surface area contributed by atoms with E-state index in [1.54, 1.807) is 6.92 Å². The number of aromatic nitrogens is 1. The molecule has 0 atom stereocenters. The number of sulfonamides is 2. The Hall–Kier alpha value is -2.52. The van der Waals surface area contributed by atoms with Crippen molar-refractivity contribution in [1.29, 1.82) is 0 Å². The average Bonchev–Trinajstić information content (AvgIpc) is 3.30. The highest BCUT2D eigenvalue weighted by Gasteiger charge is 2.44. The monoisotopic (exact) mass is 640 g/mol. The topological polar surface area (TPSA) is 120 Å². The minimum Gasteiger partial charge on any atom is -0.358 e. The number of hydrogen-bond acceptors (Lipinski definition) is 5. The van der Waals surface area contributed by atoms with Gasteiger partial charge in [-0.3, -0.25) is 9.52 Å². The molecule has 3 aromatic rings. The van der Waals surface area contributed by atoms with E-state index < -0.39 is 38.2 Å². The number of H-pyrrole nitrogens is 1. The second-order valence-electron chi connectivity index (χ2n) is 9.20. The molecule has 1 amide bonds. The van der Waals surface area contributed by atoms with E-state index in [9.17, 15) is 34.8 Å². The maximum Gasteiger partial charge on any atom is 0.471 e. The summed E-state index contributed by atoms with van der Waals surface area (Å²) in [6.45, 7) is 1.40. The Labute approximate surface area is 239 Å². The van der Waals surface area contributed by atoms with Gasteiger partial charge in [-0.25, -0.2) is 16.8 Å². The number of nitrogens with one attached hydrogen (secondary N) is 2. The third kappa shape index (κ3) is 6.05. The van der Waals surface area contributed by atoms with Crippen LogP contribution in [-0.2, 0) is 24.8 Å². The maximum atomic E-state index is 13.5. The Bertz CT molecular complexity index is 1620. The van der Waals surface area contributed by atoms with Crippen LogP contribution in [0.4, 0.5) is 18.9 Å². The number of fused-ring (bicyclic) bond motifs is 1. The van der Waals surface area contributed by atoms with Crippen molar-refractivity contribution < 1.29 is 34.8 Å². The minimum absolute atomic E-state index is 0.0375. The Morgan fingerprint density at radius 1 is 1.02 bits per heavy atom. The normalized spacial score (nSPS) is 15.6.